The highest BCUT2D eigenvalue weighted by molar-refractivity contribution is 5.87. The first kappa shape index (κ1) is 13.4. The number of aryl methyl sites for hydroxylation is 1. The predicted octanol–water partition coefficient (Wildman–Crippen LogP) is 2.41. The number of nitrogens with zero attached hydrogens (tertiary/aromatic N) is 3. The van der Waals surface area contributed by atoms with Crippen LogP contribution in [0.2, 0.25) is 0 Å². The minimum absolute atomic E-state index is 0.0251. The highest BCUT2D eigenvalue weighted by Crippen LogP contribution is 2.28. The Labute approximate surface area is 121 Å². The van der Waals surface area contributed by atoms with Crippen LogP contribution >= 0.6 is 0 Å². The predicted molar refractivity (Wildman–Crippen MR) is 78.1 cm³/mol. The summed E-state index contributed by atoms with van der Waals surface area (Å²) in [5, 5.41) is 19.5. The summed E-state index contributed by atoms with van der Waals surface area (Å²) in [7, 11) is 0. The topological polar surface area (TPSA) is 86.6 Å². The maximum Gasteiger partial charge on any atom is 0.407 e. The maximum atomic E-state index is 10.9. The van der Waals surface area contributed by atoms with E-state index in [0.29, 0.717) is 36.2 Å². The van der Waals surface area contributed by atoms with E-state index in [-0.39, 0.29) is 5.88 Å². The normalized spacial score (nSPS) is 15.1. The molecular formula is C15H15N3O3. The lowest BCUT2D eigenvalue weighted by Crippen LogP contribution is -2.33. The number of hydrogen-bond donors (Lipinski definition) is 2. The Morgan fingerprint density at radius 1 is 1.33 bits per heavy atom. The minimum Gasteiger partial charge on any atom is -0.493 e. The fourth-order valence-corrected chi connectivity index (χ4v) is 2.53. The zero-order chi connectivity index (χ0) is 15.0. The number of rotatable bonds is 1. The number of aromatic nitrogens is 2. The molecule has 0 bridgehead atoms. The molecular weight excluding hydrogens is 270 g/mol. The van der Waals surface area contributed by atoms with Crippen molar-refractivity contribution in [1.29, 1.82) is 0 Å². The average molecular weight is 285 g/mol. The van der Waals surface area contributed by atoms with Gasteiger partial charge in [0.2, 0.25) is 5.88 Å². The van der Waals surface area contributed by atoms with Crippen molar-refractivity contribution >= 4 is 22.6 Å². The lowest BCUT2D eigenvalue weighted by Gasteiger charge is -2.23. The molecule has 1 aliphatic rings. The van der Waals surface area contributed by atoms with Crippen LogP contribution in [0.4, 0.5) is 4.79 Å². The summed E-state index contributed by atoms with van der Waals surface area (Å²) in [5.74, 6) is 0.504. The Balaban J connectivity index is 1.97. The summed E-state index contributed by atoms with van der Waals surface area (Å²) in [5.41, 5.74) is 2.75. The summed E-state index contributed by atoms with van der Waals surface area (Å²) in [6.07, 6.45) is 1.67. The smallest absolute Gasteiger partial charge is 0.407 e. The highest BCUT2D eigenvalue weighted by Gasteiger charge is 2.17. The van der Waals surface area contributed by atoms with Crippen LogP contribution in [-0.2, 0) is 0 Å². The van der Waals surface area contributed by atoms with E-state index in [0.717, 1.165) is 11.1 Å². The van der Waals surface area contributed by atoms with Crippen molar-refractivity contribution in [2.75, 3.05) is 13.1 Å². The van der Waals surface area contributed by atoms with Gasteiger partial charge < -0.3 is 15.1 Å². The second kappa shape index (κ2) is 5.05. The molecule has 6 heteroatoms. The van der Waals surface area contributed by atoms with E-state index in [4.69, 9.17) is 5.11 Å². The van der Waals surface area contributed by atoms with Gasteiger partial charge in [-0.15, -0.1) is 0 Å². The molecule has 3 rings (SSSR count). The third-order valence-corrected chi connectivity index (χ3v) is 3.64. The highest BCUT2D eigenvalue weighted by atomic mass is 16.4. The second-order valence-electron chi connectivity index (χ2n) is 5.03. The Kier molecular flexibility index (Phi) is 3.21. The Hall–Kier alpha value is -2.63. The molecule has 1 aromatic carbocycles. The van der Waals surface area contributed by atoms with Gasteiger partial charge in [0.05, 0.1) is 10.9 Å². The van der Waals surface area contributed by atoms with Crippen LogP contribution < -0.4 is 0 Å². The lowest BCUT2D eigenvalue weighted by molar-refractivity contribution is 0.150. The molecule has 0 spiro atoms. The molecule has 0 radical (unpaired) electrons. The zero-order valence-electron chi connectivity index (χ0n) is 11.6. The molecule has 2 aromatic rings. The fourth-order valence-electron chi connectivity index (χ4n) is 2.53. The number of fused-ring (bicyclic) bond motifs is 1. The van der Waals surface area contributed by atoms with Gasteiger partial charge in [0.15, 0.2) is 0 Å². The van der Waals surface area contributed by atoms with Gasteiger partial charge in [-0.2, -0.15) is 4.98 Å². The van der Waals surface area contributed by atoms with Crippen molar-refractivity contribution in [2.45, 2.75) is 13.3 Å². The van der Waals surface area contributed by atoms with Crippen LogP contribution in [0.5, 0.6) is 5.88 Å². The SMILES string of the molecule is Cc1nc(O)c2cc(C3=CCN(C(=O)O)CC3)ccc2n1. The zero-order valence-corrected chi connectivity index (χ0v) is 11.6. The quantitative estimate of drug-likeness (QED) is 0.840. The van der Waals surface area contributed by atoms with Crippen molar-refractivity contribution in [1.82, 2.24) is 14.9 Å². The number of hydrogen-bond acceptors (Lipinski definition) is 4. The van der Waals surface area contributed by atoms with Crippen molar-refractivity contribution in [3.05, 3.63) is 35.7 Å². The molecule has 1 aliphatic heterocycles. The number of amides is 1. The molecule has 0 saturated heterocycles. The van der Waals surface area contributed by atoms with Crippen LogP contribution in [0.3, 0.4) is 0 Å². The monoisotopic (exact) mass is 285 g/mol. The van der Waals surface area contributed by atoms with Crippen molar-refractivity contribution in [3.63, 3.8) is 0 Å². The largest absolute Gasteiger partial charge is 0.493 e. The van der Waals surface area contributed by atoms with Gasteiger partial charge in [0.1, 0.15) is 5.82 Å². The van der Waals surface area contributed by atoms with Gasteiger partial charge >= 0.3 is 6.09 Å². The molecule has 0 unspecified atom stereocenters. The second-order valence-corrected chi connectivity index (χ2v) is 5.03. The summed E-state index contributed by atoms with van der Waals surface area (Å²) >= 11 is 0. The van der Waals surface area contributed by atoms with E-state index >= 15 is 0 Å². The van der Waals surface area contributed by atoms with E-state index in [1.807, 2.05) is 24.3 Å². The van der Waals surface area contributed by atoms with E-state index in [1.54, 1.807) is 6.92 Å². The van der Waals surface area contributed by atoms with E-state index in [9.17, 15) is 9.90 Å². The number of carbonyl (C=O) groups is 1. The van der Waals surface area contributed by atoms with Crippen molar-refractivity contribution in [3.8, 4) is 5.88 Å². The Bertz CT molecular complexity index is 755. The average Bonchev–Trinajstić information content (AvgIpc) is 2.47. The minimum atomic E-state index is -0.898. The summed E-state index contributed by atoms with van der Waals surface area (Å²) < 4.78 is 0. The third kappa shape index (κ3) is 2.52. The van der Waals surface area contributed by atoms with Crippen molar-refractivity contribution in [2.24, 2.45) is 0 Å². The molecule has 0 atom stereocenters. The van der Waals surface area contributed by atoms with Gasteiger partial charge in [-0.25, -0.2) is 9.78 Å². The van der Waals surface area contributed by atoms with Gasteiger partial charge in [0.25, 0.3) is 0 Å². The summed E-state index contributed by atoms with van der Waals surface area (Å²) in [6, 6.07) is 5.65. The molecule has 2 N–H and O–H groups in total. The maximum absolute atomic E-state index is 10.9. The first-order chi connectivity index (χ1) is 10.0. The molecule has 21 heavy (non-hydrogen) atoms. The Morgan fingerprint density at radius 2 is 2.14 bits per heavy atom. The summed E-state index contributed by atoms with van der Waals surface area (Å²) in [4.78, 5) is 20.5. The van der Waals surface area contributed by atoms with Gasteiger partial charge in [-0.05, 0) is 36.6 Å². The van der Waals surface area contributed by atoms with Gasteiger partial charge in [0, 0.05) is 13.1 Å². The van der Waals surface area contributed by atoms with Crippen molar-refractivity contribution < 1.29 is 15.0 Å². The van der Waals surface area contributed by atoms with E-state index in [1.165, 1.54) is 4.90 Å². The summed E-state index contributed by atoms with van der Waals surface area (Å²) in [6.45, 7) is 2.60. The fraction of sp³-hybridized carbons (Fsp3) is 0.267. The number of aromatic hydroxyl groups is 1. The third-order valence-electron chi connectivity index (χ3n) is 3.64. The van der Waals surface area contributed by atoms with Crippen LogP contribution in [0, 0.1) is 6.92 Å². The lowest BCUT2D eigenvalue weighted by atomic mass is 9.98. The standard InChI is InChI=1S/C15H15N3O3/c1-9-16-13-3-2-11(8-12(13)14(19)17-9)10-4-6-18(7-5-10)15(20)21/h2-4,8H,5-7H2,1H3,(H,20,21)(H,16,17,19). The molecule has 0 saturated carbocycles. The molecule has 0 fully saturated rings. The molecule has 1 amide bonds. The molecule has 0 aliphatic carbocycles. The number of benzene rings is 1. The molecule has 2 heterocycles. The Morgan fingerprint density at radius 3 is 2.81 bits per heavy atom. The van der Waals surface area contributed by atoms with Crippen LogP contribution in [0.15, 0.2) is 24.3 Å². The first-order valence-corrected chi connectivity index (χ1v) is 6.69. The van der Waals surface area contributed by atoms with E-state index in [2.05, 4.69) is 9.97 Å². The number of carboxylic acid groups (broad SMARTS) is 1. The molecule has 1 aromatic heterocycles. The molecule has 108 valence electrons. The van der Waals surface area contributed by atoms with Gasteiger partial charge in [-0.3, -0.25) is 0 Å². The van der Waals surface area contributed by atoms with Gasteiger partial charge in [-0.1, -0.05) is 12.1 Å². The van der Waals surface area contributed by atoms with E-state index < -0.39 is 6.09 Å². The van der Waals surface area contributed by atoms with Crippen LogP contribution in [-0.4, -0.2) is 44.3 Å². The van der Waals surface area contributed by atoms with Crippen LogP contribution in [0.25, 0.3) is 16.5 Å². The van der Waals surface area contributed by atoms with Crippen LogP contribution in [0.1, 0.15) is 17.8 Å². The first-order valence-electron chi connectivity index (χ1n) is 6.69. The molecule has 6 nitrogen and oxygen atoms in total.